The fraction of sp³-hybridized carbons (Fsp3) is 0.526. The first-order chi connectivity index (χ1) is 12.0. The maximum Gasteiger partial charge on any atom is 0.233 e. The van der Waals surface area contributed by atoms with Gasteiger partial charge in [0.2, 0.25) is 5.91 Å². The molecule has 1 aliphatic rings. The van der Waals surface area contributed by atoms with Gasteiger partial charge in [-0.3, -0.25) is 4.79 Å². The Morgan fingerprint density at radius 3 is 2.52 bits per heavy atom. The minimum atomic E-state index is 0.205. The van der Waals surface area contributed by atoms with E-state index in [9.17, 15) is 4.79 Å². The van der Waals surface area contributed by atoms with Crippen molar-refractivity contribution in [3.05, 3.63) is 41.7 Å². The third-order valence-electron chi connectivity index (χ3n) is 4.68. The zero-order chi connectivity index (χ0) is 17.8. The summed E-state index contributed by atoms with van der Waals surface area (Å²) in [6, 6.07) is 10.2. The second kappa shape index (κ2) is 8.04. The monoisotopic (exact) mass is 358 g/mol. The summed E-state index contributed by atoms with van der Waals surface area (Å²) in [6.45, 7) is 6.20. The smallest absolute Gasteiger partial charge is 0.233 e. The lowest BCUT2D eigenvalue weighted by Gasteiger charge is -2.34. The van der Waals surface area contributed by atoms with E-state index in [4.69, 9.17) is 0 Å². The zero-order valence-corrected chi connectivity index (χ0v) is 16.0. The first-order valence-corrected chi connectivity index (χ1v) is 9.84. The van der Waals surface area contributed by atoms with Gasteiger partial charge in [0.05, 0.1) is 5.75 Å². The largest absolute Gasteiger partial charge is 0.341 e. The molecule has 1 aliphatic heterocycles. The molecule has 2 atom stereocenters. The van der Waals surface area contributed by atoms with Gasteiger partial charge in [0.1, 0.15) is 5.82 Å². The van der Waals surface area contributed by atoms with Crippen molar-refractivity contribution in [2.75, 3.05) is 18.8 Å². The van der Waals surface area contributed by atoms with E-state index >= 15 is 0 Å². The van der Waals surface area contributed by atoms with Gasteiger partial charge < -0.3 is 9.47 Å². The number of nitrogens with zero attached hydrogens (tertiary/aromatic N) is 4. The Bertz CT molecular complexity index is 705. The van der Waals surface area contributed by atoms with Crippen molar-refractivity contribution in [1.29, 1.82) is 0 Å². The Kier molecular flexibility index (Phi) is 5.78. The quantitative estimate of drug-likeness (QED) is 0.771. The number of hydrogen-bond acceptors (Lipinski definition) is 4. The average molecular weight is 359 g/mol. The molecular formula is C19H26N4OS. The van der Waals surface area contributed by atoms with E-state index in [2.05, 4.69) is 36.2 Å². The Hall–Kier alpha value is -1.82. The molecule has 0 radical (unpaired) electrons. The molecule has 5 nitrogen and oxygen atoms in total. The summed E-state index contributed by atoms with van der Waals surface area (Å²) >= 11 is 1.48. The highest BCUT2D eigenvalue weighted by Crippen LogP contribution is 2.23. The standard InChI is InChI=1S/C19H26N4OS/c1-14-9-15(2)12-23(11-14)18(24)13-25-19-21-20-17(22(19)3)10-16-7-5-4-6-8-16/h4-8,14-15H,9-13H2,1-3H3. The molecule has 2 heterocycles. The molecule has 134 valence electrons. The van der Waals surface area contributed by atoms with Gasteiger partial charge in [-0.1, -0.05) is 55.9 Å². The average Bonchev–Trinajstić information content (AvgIpc) is 2.93. The zero-order valence-electron chi connectivity index (χ0n) is 15.2. The van der Waals surface area contributed by atoms with E-state index in [-0.39, 0.29) is 5.91 Å². The van der Waals surface area contributed by atoms with Crippen LogP contribution in [0.5, 0.6) is 0 Å². The van der Waals surface area contributed by atoms with Gasteiger partial charge >= 0.3 is 0 Å². The highest BCUT2D eigenvalue weighted by molar-refractivity contribution is 7.99. The topological polar surface area (TPSA) is 51.0 Å². The first-order valence-electron chi connectivity index (χ1n) is 8.85. The van der Waals surface area contributed by atoms with Crippen LogP contribution in [0.4, 0.5) is 0 Å². The molecule has 25 heavy (non-hydrogen) atoms. The molecule has 0 bridgehead atoms. The molecule has 1 amide bonds. The number of piperidine rings is 1. The Morgan fingerprint density at radius 1 is 1.16 bits per heavy atom. The van der Waals surface area contributed by atoms with Crippen LogP contribution in [0, 0.1) is 11.8 Å². The van der Waals surface area contributed by atoms with Crippen LogP contribution >= 0.6 is 11.8 Å². The minimum absolute atomic E-state index is 0.205. The molecule has 0 spiro atoms. The number of rotatable bonds is 5. The number of thioether (sulfide) groups is 1. The van der Waals surface area contributed by atoms with Crippen molar-refractivity contribution in [2.24, 2.45) is 18.9 Å². The van der Waals surface area contributed by atoms with Crippen molar-refractivity contribution in [3.63, 3.8) is 0 Å². The molecule has 2 aromatic rings. The van der Waals surface area contributed by atoms with Crippen molar-refractivity contribution in [1.82, 2.24) is 19.7 Å². The van der Waals surface area contributed by atoms with Crippen molar-refractivity contribution >= 4 is 17.7 Å². The Labute approximate surface area is 153 Å². The Balaban J connectivity index is 1.57. The number of likely N-dealkylation sites (tertiary alicyclic amines) is 1. The van der Waals surface area contributed by atoms with Crippen molar-refractivity contribution < 1.29 is 4.79 Å². The highest BCUT2D eigenvalue weighted by atomic mass is 32.2. The molecule has 1 fully saturated rings. The van der Waals surface area contributed by atoms with Gasteiger partial charge in [0.25, 0.3) is 0 Å². The molecule has 1 aromatic carbocycles. The van der Waals surface area contributed by atoms with Crippen LogP contribution in [-0.2, 0) is 18.3 Å². The molecule has 0 saturated carbocycles. The number of carbonyl (C=O) groups is 1. The fourth-order valence-corrected chi connectivity index (χ4v) is 4.32. The normalized spacial score (nSPS) is 20.7. The maximum absolute atomic E-state index is 12.5. The minimum Gasteiger partial charge on any atom is -0.341 e. The molecular weight excluding hydrogens is 332 g/mol. The van der Waals surface area contributed by atoms with E-state index in [0.29, 0.717) is 17.6 Å². The van der Waals surface area contributed by atoms with Crippen LogP contribution in [0.3, 0.4) is 0 Å². The molecule has 1 aromatic heterocycles. The Morgan fingerprint density at radius 2 is 1.84 bits per heavy atom. The predicted molar refractivity (Wildman–Crippen MR) is 101 cm³/mol. The second-order valence-electron chi connectivity index (χ2n) is 7.15. The van der Waals surface area contributed by atoms with Crippen LogP contribution in [0.1, 0.15) is 31.7 Å². The van der Waals surface area contributed by atoms with E-state index in [1.54, 1.807) is 0 Å². The van der Waals surface area contributed by atoms with Crippen molar-refractivity contribution in [2.45, 2.75) is 31.8 Å². The van der Waals surface area contributed by atoms with Crippen LogP contribution in [0.15, 0.2) is 35.5 Å². The van der Waals surface area contributed by atoms with Gasteiger partial charge in [-0.05, 0) is 23.8 Å². The van der Waals surface area contributed by atoms with Crippen LogP contribution in [0.25, 0.3) is 0 Å². The lowest BCUT2D eigenvalue weighted by molar-refractivity contribution is -0.130. The number of carbonyl (C=O) groups excluding carboxylic acids is 1. The lowest BCUT2D eigenvalue weighted by atomic mass is 9.92. The first kappa shape index (κ1) is 18.0. The van der Waals surface area contributed by atoms with Gasteiger partial charge in [-0.15, -0.1) is 10.2 Å². The molecule has 0 N–H and O–H groups in total. The molecule has 2 unspecified atom stereocenters. The summed E-state index contributed by atoms with van der Waals surface area (Å²) < 4.78 is 1.99. The summed E-state index contributed by atoms with van der Waals surface area (Å²) in [5, 5.41) is 9.36. The van der Waals surface area contributed by atoms with Gasteiger partial charge in [0, 0.05) is 26.6 Å². The van der Waals surface area contributed by atoms with E-state index in [0.717, 1.165) is 30.5 Å². The fourth-order valence-electron chi connectivity index (χ4n) is 3.49. The predicted octanol–water partition coefficient (Wildman–Crippen LogP) is 3.00. The number of hydrogen-bond donors (Lipinski definition) is 0. The van der Waals surface area contributed by atoms with Crippen molar-refractivity contribution in [3.8, 4) is 0 Å². The van der Waals surface area contributed by atoms with Gasteiger partial charge in [0.15, 0.2) is 5.16 Å². The number of amides is 1. The van der Waals surface area contributed by atoms with Gasteiger partial charge in [-0.2, -0.15) is 0 Å². The van der Waals surface area contributed by atoms with Gasteiger partial charge in [-0.25, -0.2) is 0 Å². The third kappa shape index (κ3) is 4.63. The summed E-state index contributed by atoms with van der Waals surface area (Å²) in [6.07, 6.45) is 1.96. The third-order valence-corrected chi connectivity index (χ3v) is 5.68. The van der Waals surface area contributed by atoms with Crippen LogP contribution in [-0.4, -0.2) is 44.4 Å². The molecule has 6 heteroatoms. The summed E-state index contributed by atoms with van der Waals surface area (Å²) in [5.41, 5.74) is 1.21. The molecule has 0 aliphatic carbocycles. The lowest BCUT2D eigenvalue weighted by Crippen LogP contribution is -2.43. The SMILES string of the molecule is CC1CC(C)CN(C(=O)CSc2nnc(Cc3ccccc3)n2C)C1. The second-order valence-corrected chi connectivity index (χ2v) is 8.10. The summed E-state index contributed by atoms with van der Waals surface area (Å²) in [5.74, 6) is 2.73. The van der Waals surface area contributed by atoms with E-state index < -0.39 is 0 Å². The molecule has 3 rings (SSSR count). The summed E-state index contributed by atoms with van der Waals surface area (Å²) in [4.78, 5) is 14.5. The number of benzene rings is 1. The molecule has 1 saturated heterocycles. The van der Waals surface area contributed by atoms with E-state index in [1.165, 1.54) is 23.7 Å². The highest BCUT2D eigenvalue weighted by Gasteiger charge is 2.25. The summed E-state index contributed by atoms with van der Waals surface area (Å²) in [7, 11) is 1.97. The van der Waals surface area contributed by atoms with Crippen LogP contribution in [0.2, 0.25) is 0 Å². The number of aromatic nitrogens is 3. The van der Waals surface area contributed by atoms with E-state index in [1.807, 2.05) is 34.7 Å². The maximum atomic E-state index is 12.5. The van der Waals surface area contributed by atoms with Crippen LogP contribution < -0.4 is 0 Å².